The van der Waals surface area contributed by atoms with Crippen LogP contribution >= 0.6 is 0 Å². The van der Waals surface area contributed by atoms with Crippen LogP contribution in [-0.4, -0.2) is 53.2 Å². The maximum atomic E-state index is 13.1. The number of ether oxygens (including phenoxy) is 1. The first kappa shape index (κ1) is 28.4. The van der Waals surface area contributed by atoms with E-state index in [0.717, 1.165) is 5.56 Å². The van der Waals surface area contributed by atoms with Gasteiger partial charge in [-0.2, -0.15) is 0 Å². The second kappa shape index (κ2) is 13.9. The maximum Gasteiger partial charge on any atom is 0.407 e. The van der Waals surface area contributed by atoms with E-state index in [2.05, 4.69) is 16.0 Å². The van der Waals surface area contributed by atoms with Crippen molar-refractivity contribution in [3.63, 3.8) is 0 Å². The van der Waals surface area contributed by atoms with Crippen LogP contribution in [0.3, 0.4) is 0 Å². The molecule has 9 nitrogen and oxygen atoms in total. The summed E-state index contributed by atoms with van der Waals surface area (Å²) in [5.74, 6) is -2.18. The van der Waals surface area contributed by atoms with Gasteiger partial charge in [0.15, 0.2) is 0 Å². The Morgan fingerprint density at radius 3 is 2.06 bits per heavy atom. The number of hydrogen-bond donors (Lipinski definition) is 4. The summed E-state index contributed by atoms with van der Waals surface area (Å²) in [5, 5.41) is 17.5. The molecule has 0 bridgehead atoms. The van der Waals surface area contributed by atoms with E-state index in [9.17, 15) is 24.3 Å². The van der Waals surface area contributed by atoms with Crippen LogP contribution in [0.25, 0.3) is 0 Å². The van der Waals surface area contributed by atoms with Crippen LogP contribution in [0.2, 0.25) is 0 Å². The van der Waals surface area contributed by atoms with Crippen molar-refractivity contribution in [1.29, 1.82) is 0 Å². The molecular weight excluding hydrogens is 462 g/mol. The van der Waals surface area contributed by atoms with E-state index in [1.807, 2.05) is 30.3 Å². The average Bonchev–Trinajstić information content (AvgIpc) is 2.82. The standard InChI is InChI=1S/C27H35N3O6/c1-27(2,3)36-26(35)28-17-11-10-16-21(25(33)34)29-24(32)22(18-19-12-6-4-7-13-19)30-23(31)20-14-8-5-9-15-20/h4-9,12-15,21-22H,10-11,16-18H2,1-3H3,(H,28,35)(H,29,32)(H,30,31)(H,33,34). The number of aliphatic carboxylic acids is 1. The molecule has 4 N–H and O–H groups in total. The molecule has 0 saturated carbocycles. The molecule has 9 heteroatoms. The Kier molecular flexibility index (Phi) is 10.9. The Balaban J connectivity index is 1.96. The first-order chi connectivity index (χ1) is 17.0. The zero-order valence-corrected chi connectivity index (χ0v) is 21.0. The van der Waals surface area contributed by atoms with Gasteiger partial charge in [0.05, 0.1) is 0 Å². The van der Waals surface area contributed by atoms with E-state index in [1.165, 1.54) is 0 Å². The molecule has 2 aromatic rings. The number of carbonyl (C=O) groups excluding carboxylic acids is 3. The quantitative estimate of drug-likeness (QED) is 0.333. The summed E-state index contributed by atoms with van der Waals surface area (Å²) in [6.45, 7) is 5.61. The number of rotatable bonds is 12. The van der Waals surface area contributed by atoms with Crippen LogP contribution in [0.1, 0.15) is 56.0 Å². The van der Waals surface area contributed by atoms with Crippen molar-refractivity contribution in [1.82, 2.24) is 16.0 Å². The van der Waals surface area contributed by atoms with E-state index in [0.29, 0.717) is 24.9 Å². The number of nitrogens with one attached hydrogen (secondary N) is 3. The lowest BCUT2D eigenvalue weighted by molar-refractivity contribution is -0.142. The SMILES string of the molecule is CC(C)(C)OC(=O)NCCCCC(NC(=O)C(Cc1ccccc1)NC(=O)c1ccccc1)C(=O)O. The van der Waals surface area contributed by atoms with Gasteiger partial charge in [0.1, 0.15) is 17.7 Å². The molecule has 36 heavy (non-hydrogen) atoms. The summed E-state index contributed by atoms with van der Waals surface area (Å²) < 4.78 is 5.16. The highest BCUT2D eigenvalue weighted by Crippen LogP contribution is 2.09. The number of carbonyl (C=O) groups is 4. The average molecular weight is 498 g/mol. The normalized spacial score (nSPS) is 12.6. The molecule has 2 unspecified atom stereocenters. The molecule has 2 atom stereocenters. The van der Waals surface area contributed by atoms with E-state index in [-0.39, 0.29) is 12.8 Å². The molecule has 0 heterocycles. The highest BCUT2D eigenvalue weighted by molar-refractivity contribution is 5.98. The second-order valence-corrected chi connectivity index (χ2v) is 9.41. The van der Waals surface area contributed by atoms with Gasteiger partial charge in [-0.05, 0) is 57.7 Å². The number of unbranched alkanes of at least 4 members (excludes halogenated alkanes) is 1. The number of hydrogen-bond acceptors (Lipinski definition) is 5. The number of carboxylic acids is 1. The van der Waals surface area contributed by atoms with Gasteiger partial charge in [0, 0.05) is 18.5 Å². The van der Waals surface area contributed by atoms with Crippen LogP contribution in [0.15, 0.2) is 60.7 Å². The minimum absolute atomic E-state index is 0.168. The molecule has 2 rings (SSSR count). The summed E-state index contributed by atoms with van der Waals surface area (Å²) >= 11 is 0. The zero-order valence-electron chi connectivity index (χ0n) is 21.0. The molecule has 0 fully saturated rings. The predicted octanol–water partition coefficient (Wildman–Crippen LogP) is 3.29. The van der Waals surface area contributed by atoms with Gasteiger partial charge in [-0.25, -0.2) is 9.59 Å². The van der Waals surface area contributed by atoms with Crippen LogP contribution in [0, 0.1) is 0 Å². The summed E-state index contributed by atoms with van der Waals surface area (Å²) in [6.07, 6.45) is 0.798. The van der Waals surface area contributed by atoms with Gasteiger partial charge in [0.2, 0.25) is 5.91 Å². The highest BCUT2D eigenvalue weighted by Gasteiger charge is 2.27. The minimum Gasteiger partial charge on any atom is -0.480 e. The fraction of sp³-hybridized carbons (Fsp3) is 0.407. The largest absolute Gasteiger partial charge is 0.480 e. The molecule has 0 spiro atoms. The van der Waals surface area contributed by atoms with Crippen LogP contribution in [0.4, 0.5) is 4.79 Å². The zero-order chi connectivity index (χ0) is 26.6. The van der Waals surface area contributed by atoms with Gasteiger partial charge < -0.3 is 25.8 Å². The van der Waals surface area contributed by atoms with Gasteiger partial charge >= 0.3 is 12.1 Å². The lowest BCUT2D eigenvalue weighted by Gasteiger charge is -2.22. The smallest absolute Gasteiger partial charge is 0.407 e. The number of benzene rings is 2. The Hall–Kier alpha value is -3.88. The lowest BCUT2D eigenvalue weighted by atomic mass is 10.0. The Morgan fingerprint density at radius 2 is 1.47 bits per heavy atom. The van der Waals surface area contributed by atoms with Crippen molar-refractivity contribution in [2.45, 2.75) is 64.1 Å². The molecule has 0 aliphatic rings. The van der Waals surface area contributed by atoms with Crippen LogP contribution in [0.5, 0.6) is 0 Å². The van der Waals surface area contributed by atoms with Gasteiger partial charge in [-0.1, -0.05) is 48.5 Å². The predicted molar refractivity (Wildman–Crippen MR) is 135 cm³/mol. The minimum atomic E-state index is -1.17. The van der Waals surface area contributed by atoms with Crippen LogP contribution in [-0.2, 0) is 20.7 Å². The third-order valence-electron chi connectivity index (χ3n) is 5.14. The van der Waals surface area contributed by atoms with Crippen molar-refractivity contribution in [2.75, 3.05) is 6.54 Å². The molecule has 3 amide bonds. The first-order valence-corrected chi connectivity index (χ1v) is 11.9. The number of amides is 3. The second-order valence-electron chi connectivity index (χ2n) is 9.41. The molecule has 0 aromatic heterocycles. The summed E-state index contributed by atoms with van der Waals surface area (Å²) in [5.41, 5.74) is 0.622. The maximum absolute atomic E-state index is 13.1. The highest BCUT2D eigenvalue weighted by atomic mass is 16.6. The molecular formula is C27H35N3O6. The monoisotopic (exact) mass is 497 g/mol. The summed E-state index contributed by atoms with van der Waals surface area (Å²) in [4.78, 5) is 49.3. The third-order valence-corrected chi connectivity index (χ3v) is 5.14. The molecule has 0 aliphatic carbocycles. The third kappa shape index (κ3) is 10.6. The van der Waals surface area contributed by atoms with Gasteiger partial charge in [0.25, 0.3) is 5.91 Å². The van der Waals surface area contributed by atoms with Gasteiger partial charge in [-0.3, -0.25) is 9.59 Å². The van der Waals surface area contributed by atoms with Crippen molar-refractivity contribution in [2.24, 2.45) is 0 Å². The Bertz CT molecular complexity index is 1010. The van der Waals surface area contributed by atoms with Crippen molar-refractivity contribution < 1.29 is 29.0 Å². The lowest BCUT2D eigenvalue weighted by Crippen LogP contribution is -2.52. The number of carboxylic acid groups (broad SMARTS) is 1. The molecule has 0 radical (unpaired) electrons. The van der Waals surface area contributed by atoms with Crippen molar-refractivity contribution in [3.05, 3.63) is 71.8 Å². The van der Waals surface area contributed by atoms with E-state index >= 15 is 0 Å². The Labute approximate surface area is 211 Å². The fourth-order valence-corrected chi connectivity index (χ4v) is 3.40. The fourth-order valence-electron chi connectivity index (χ4n) is 3.40. The van der Waals surface area contributed by atoms with E-state index < -0.39 is 41.6 Å². The molecule has 0 saturated heterocycles. The Morgan fingerprint density at radius 1 is 0.861 bits per heavy atom. The summed E-state index contributed by atoms with van der Waals surface area (Å²) in [6, 6.07) is 15.6. The number of alkyl carbamates (subject to hydrolysis) is 1. The van der Waals surface area contributed by atoms with Gasteiger partial charge in [-0.15, -0.1) is 0 Å². The first-order valence-electron chi connectivity index (χ1n) is 11.9. The molecule has 0 aliphatic heterocycles. The topological polar surface area (TPSA) is 134 Å². The molecule has 2 aromatic carbocycles. The van der Waals surface area contributed by atoms with E-state index in [4.69, 9.17) is 4.74 Å². The van der Waals surface area contributed by atoms with E-state index in [1.54, 1.807) is 51.1 Å². The summed E-state index contributed by atoms with van der Waals surface area (Å²) in [7, 11) is 0. The van der Waals surface area contributed by atoms with Crippen LogP contribution < -0.4 is 16.0 Å². The van der Waals surface area contributed by atoms with Crippen molar-refractivity contribution in [3.8, 4) is 0 Å². The van der Waals surface area contributed by atoms with Crippen molar-refractivity contribution >= 4 is 23.9 Å². The molecule has 194 valence electrons.